The number of hydrogen-bond acceptors (Lipinski definition) is 3. The molecule has 0 amide bonds. The summed E-state index contributed by atoms with van der Waals surface area (Å²) in [5.74, 6) is 0. The average Bonchev–Trinajstić information content (AvgIpc) is 2.51. The highest BCUT2D eigenvalue weighted by Gasteiger charge is 2.19. The van der Waals surface area contributed by atoms with Crippen LogP contribution in [0.4, 0.5) is 5.69 Å². The summed E-state index contributed by atoms with van der Waals surface area (Å²) < 4.78 is 28.0. The second-order valence-electron chi connectivity index (χ2n) is 4.85. The van der Waals surface area contributed by atoms with Crippen molar-refractivity contribution in [3.63, 3.8) is 0 Å². The van der Waals surface area contributed by atoms with Crippen molar-refractivity contribution in [2.45, 2.75) is 11.8 Å². The third kappa shape index (κ3) is 2.65. The zero-order valence-corrected chi connectivity index (χ0v) is 13.3. The number of nitrogens with one attached hydrogen (secondary N) is 1. The number of pyridine rings is 1. The first-order valence-electron chi connectivity index (χ1n) is 6.61. The number of fused-ring (bicyclic) bond motifs is 1. The van der Waals surface area contributed by atoms with E-state index in [0.717, 1.165) is 5.39 Å². The molecule has 3 aromatic rings. The molecule has 22 heavy (non-hydrogen) atoms. The van der Waals surface area contributed by atoms with Crippen molar-refractivity contribution < 1.29 is 8.42 Å². The van der Waals surface area contributed by atoms with Crippen LogP contribution >= 0.6 is 11.6 Å². The molecule has 0 atom stereocenters. The number of hydrogen-bond donors (Lipinski definition) is 1. The van der Waals surface area contributed by atoms with Crippen molar-refractivity contribution in [3.8, 4) is 0 Å². The normalized spacial score (nSPS) is 11.5. The summed E-state index contributed by atoms with van der Waals surface area (Å²) in [6.07, 6.45) is 1.58. The van der Waals surface area contributed by atoms with Crippen LogP contribution in [-0.4, -0.2) is 13.4 Å². The first-order valence-corrected chi connectivity index (χ1v) is 8.47. The Labute approximate surface area is 133 Å². The van der Waals surface area contributed by atoms with Gasteiger partial charge in [-0.05, 0) is 36.8 Å². The van der Waals surface area contributed by atoms with Crippen LogP contribution in [0.15, 0.2) is 59.6 Å². The molecule has 0 aliphatic carbocycles. The Morgan fingerprint density at radius 3 is 2.59 bits per heavy atom. The van der Waals surface area contributed by atoms with Gasteiger partial charge in [-0.25, -0.2) is 8.42 Å². The van der Waals surface area contributed by atoms with E-state index < -0.39 is 10.0 Å². The number of anilines is 1. The summed E-state index contributed by atoms with van der Waals surface area (Å²) in [5.41, 5.74) is 1.58. The van der Waals surface area contributed by atoms with Gasteiger partial charge in [-0.15, -0.1) is 0 Å². The van der Waals surface area contributed by atoms with E-state index in [1.807, 2.05) is 12.1 Å². The van der Waals surface area contributed by atoms with Crippen molar-refractivity contribution in [1.29, 1.82) is 0 Å². The van der Waals surface area contributed by atoms with Crippen LogP contribution < -0.4 is 4.72 Å². The Balaban J connectivity index is 2.11. The maximum atomic E-state index is 12.7. The molecule has 1 heterocycles. The lowest BCUT2D eigenvalue weighted by Gasteiger charge is -2.12. The van der Waals surface area contributed by atoms with Gasteiger partial charge in [-0.1, -0.05) is 35.9 Å². The summed E-state index contributed by atoms with van der Waals surface area (Å²) in [4.78, 5) is 4.33. The molecule has 4 nitrogen and oxygen atoms in total. The molecule has 0 aliphatic rings. The van der Waals surface area contributed by atoms with E-state index in [1.165, 1.54) is 6.07 Å². The lowest BCUT2D eigenvalue weighted by Crippen LogP contribution is -2.14. The Bertz CT molecular complexity index is 950. The van der Waals surface area contributed by atoms with Gasteiger partial charge in [0.2, 0.25) is 0 Å². The summed E-state index contributed by atoms with van der Waals surface area (Å²) >= 11 is 6.04. The molecule has 0 unspecified atom stereocenters. The predicted molar refractivity (Wildman–Crippen MR) is 88.7 cm³/mol. The summed E-state index contributed by atoms with van der Waals surface area (Å²) in [7, 11) is -3.75. The van der Waals surface area contributed by atoms with Crippen molar-refractivity contribution >= 4 is 38.2 Å². The molecule has 2 aromatic carbocycles. The fraction of sp³-hybridized carbons (Fsp3) is 0.0625. The van der Waals surface area contributed by atoms with Crippen LogP contribution in [0.25, 0.3) is 10.9 Å². The predicted octanol–water partition coefficient (Wildman–Crippen LogP) is 4.00. The highest BCUT2D eigenvalue weighted by molar-refractivity contribution is 7.93. The number of rotatable bonds is 3. The Morgan fingerprint density at radius 2 is 1.77 bits per heavy atom. The van der Waals surface area contributed by atoms with E-state index in [1.54, 1.807) is 43.5 Å². The lowest BCUT2D eigenvalue weighted by molar-refractivity contribution is 0.602. The van der Waals surface area contributed by atoms with Crippen molar-refractivity contribution in [2.24, 2.45) is 0 Å². The van der Waals surface area contributed by atoms with Gasteiger partial charge in [0.05, 0.1) is 11.2 Å². The van der Waals surface area contributed by atoms with Gasteiger partial charge in [0, 0.05) is 16.6 Å². The van der Waals surface area contributed by atoms with Gasteiger partial charge >= 0.3 is 0 Å². The molecule has 3 rings (SSSR count). The van der Waals surface area contributed by atoms with Crippen LogP contribution in [0.5, 0.6) is 0 Å². The monoisotopic (exact) mass is 332 g/mol. The molecular weight excluding hydrogens is 320 g/mol. The van der Waals surface area contributed by atoms with Gasteiger partial charge in [0.15, 0.2) is 0 Å². The smallest absolute Gasteiger partial charge is 0.264 e. The first kappa shape index (κ1) is 14.8. The summed E-state index contributed by atoms with van der Waals surface area (Å²) in [6.45, 7) is 1.77. The highest BCUT2D eigenvalue weighted by atomic mass is 35.5. The molecule has 6 heteroatoms. The first-order chi connectivity index (χ1) is 10.5. The number of para-hydroxylation sites is 1. The third-order valence-electron chi connectivity index (χ3n) is 3.40. The standard InChI is InChI=1S/C16H13ClN2O2S/c1-11-13(17)7-3-8-14(11)19-22(20,21)15-9-2-5-12-6-4-10-18-16(12)15/h2-10,19H,1H3. The third-order valence-corrected chi connectivity index (χ3v) is 5.20. The Hall–Kier alpha value is -2.11. The minimum absolute atomic E-state index is 0.143. The molecule has 0 fully saturated rings. The SMILES string of the molecule is Cc1c(Cl)cccc1NS(=O)(=O)c1cccc2cccnc12. The van der Waals surface area contributed by atoms with Crippen molar-refractivity contribution in [1.82, 2.24) is 4.98 Å². The van der Waals surface area contributed by atoms with Crippen LogP contribution in [0.1, 0.15) is 5.56 Å². The number of aromatic nitrogens is 1. The van der Waals surface area contributed by atoms with Crippen LogP contribution in [0, 0.1) is 6.92 Å². The summed E-state index contributed by atoms with van der Waals surface area (Å²) in [6, 6.07) is 13.8. The molecule has 0 radical (unpaired) electrons. The largest absolute Gasteiger partial charge is 0.279 e. The van der Waals surface area contributed by atoms with Crippen LogP contribution in [-0.2, 0) is 10.0 Å². The van der Waals surface area contributed by atoms with E-state index in [9.17, 15) is 8.42 Å². The molecule has 112 valence electrons. The minimum Gasteiger partial charge on any atom is -0.279 e. The molecule has 0 aliphatic heterocycles. The van der Waals surface area contributed by atoms with E-state index in [4.69, 9.17) is 11.6 Å². The fourth-order valence-corrected chi connectivity index (χ4v) is 3.69. The van der Waals surface area contributed by atoms with E-state index in [2.05, 4.69) is 9.71 Å². The van der Waals surface area contributed by atoms with E-state index >= 15 is 0 Å². The second kappa shape index (κ2) is 5.59. The quantitative estimate of drug-likeness (QED) is 0.788. The number of sulfonamides is 1. The van der Waals surface area contributed by atoms with Gasteiger partial charge in [0.25, 0.3) is 10.0 Å². The minimum atomic E-state index is -3.75. The van der Waals surface area contributed by atoms with Crippen LogP contribution in [0.2, 0.25) is 5.02 Å². The van der Waals surface area contributed by atoms with Crippen molar-refractivity contribution in [3.05, 3.63) is 65.3 Å². The Kier molecular flexibility index (Phi) is 3.76. The topological polar surface area (TPSA) is 59.1 Å². The van der Waals surface area contributed by atoms with Gasteiger partial charge in [-0.2, -0.15) is 0 Å². The summed E-state index contributed by atoms with van der Waals surface area (Å²) in [5, 5.41) is 1.28. The van der Waals surface area contributed by atoms with Crippen molar-refractivity contribution in [2.75, 3.05) is 4.72 Å². The fourth-order valence-electron chi connectivity index (χ4n) is 2.21. The number of benzene rings is 2. The number of nitrogens with zero attached hydrogens (tertiary/aromatic N) is 1. The molecule has 0 saturated carbocycles. The molecule has 1 aromatic heterocycles. The van der Waals surface area contributed by atoms with Crippen LogP contribution in [0.3, 0.4) is 0 Å². The molecule has 0 bridgehead atoms. The van der Waals surface area contributed by atoms with Gasteiger partial charge in [0.1, 0.15) is 4.90 Å². The van der Waals surface area contributed by atoms with E-state index in [0.29, 0.717) is 21.8 Å². The molecule has 0 spiro atoms. The molecule has 0 saturated heterocycles. The second-order valence-corrected chi connectivity index (χ2v) is 6.91. The van der Waals surface area contributed by atoms with Gasteiger partial charge in [-0.3, -0.25) is 9.71 Å². The van der Waals surface area contributed by atoms with Gasteiger partial charge < -0.3 is 0 Å². The maximum Gasteiger partial charge on any atom is 0.264 e. The molecule has 1 N–H and O–H groups in total. The lowest BCUT2D eigenvalue weighted by atomic mass is 10.2. The molecular formula is C16H13ClN2O2S. The zero-order valence-electron chi connectivity index (χ0n) is 11.7. The average molecular weight is 333 g/mol. The maximum absolute atomic E-state index is 12.7. The zero-order chi connectivity index (χ0) is 15.7. The highest BCUT2D eigenvalue weighted by Crippen LogP contribution is 2.27. The number of halogens is 1. The van der Waals surface area contributed by atoms with E-state index in [-0.39, 0.29) is 4.90 Å². The Morgan fingerprint density at radius 1 is 1.05 bits per heavy atom.